The molecule has 0 unspecified atom stereocenters. The van der Waals surface area contributed by atoms with Crippen LogP contribution in [0, 0.1) is 13.8 Å². The Kier molecular flexibility index (Phi) is 4.83. The molecule has 2 aromatic carbocycles. The smallest absolute Gasteiger partial charge is 0.0904 e. The SMILES string of the molecule is Cc1nc(C)c(-c2ccc3cc(-c4[nH]c5ccccc5c4C4CCCCC4)ccc3n2)s1. The van der Waals surface area contributed by atoms with Gasteiger partial charge in [-0.15, -0.1) is 11.3 Å². The molecule has 5 aromatic rings. The fraction of sp³-hybridized carbons (Fsp3) is 0.286. The first-order valence-corrected chi connectivity index (χ1v) is 12.5. The van der Waals surface area contributed by atoms with Crippen LogP contribution in [-0.2, 0) is 0 Å². The van der Waals surface area contributed by atoms with Gasteiger partial charge in [0.1, 0.15) is 0 Å². The fourth-order valence-corrected chi connectivity index (χ4v) is 6.27. The standard InChI is InChI=1S/C28H27N3S/c1-17-28(32-18(2)29-17)25-15-12-20-16-21(13-14-23(20)30-25)27-26(19-8-4-3-5-9-19)22-10-6-7-11-24(22)31-27/h6-7,10-16,19,31H,3-5,8-9H2,1-2H3. The number of thiazole rings is 1. The number of pyridine rings is 1. The Morgan fingerprint density at radius 3 is 2.56 bits per heavy atom. The highest BCUT2D eigenvalue weighted by atomic mass is 32.1. The average molecular weight is 438 g/mol. The zero-order chi connectivity index (χ0) is 21.7. The average Bonchev–Trinajstić information content (AvgIpc) is 3.38. The number of nitrogens with zero attached hydrogens (tertiary/aromatic N) is 2. The number of benzene rings is 2. The van der Waals surface area contributed by atoms with Crippen LogP contribution >= 0.6 is 11.3 Å². The number of rotatable bonds is 3. The summed E-state index contributed by atoms with van der Waals surface area (Å²) in [6.45, 7) is 4.12. The minimum Gasteiger partial charge on any atom is -0.354 e. The van der Waals surface area contributed by atoms with Crippen LogP contribution in [0.4, 0.5) is 0 Å². The zero-order valence-electron chi connectivity index (χ0n) is 18.6. The van der Waals surface area contributed by atoms with Crippen LogP contribution in [0.15, 0.2) is 54.6 Å². The molecule has 1 aliphatic carbocycles. The summed E-state index contributed by atoms with van der Waals surface area (Å²) < 4.78 is 0. The highest BCUT2D eigenvalue weighted by molar-refractivity contribution is 7.15. The molecule has 1 fully saturated rings. The summed E-state index contributed by atoms with van der Waals surface area (Å²) in [5.41, 5.74) is 8.42. The van der Waals surface area contributed by atoms with Gasteiger partial charge in [-0.05, 0) is 68.0 Å². The van der Waals surface area contributed by atoms with Crippen molar-refractivity contribution >= 4 is 33.1 Å². The van der Waals surface area contributed by atoms with Gasteiger partial charge in [-0.3, -0.25) is 0 Å². The monoisotopic (exact) mass is 437 g/mol. The maximum absolute atomic E-state index is 4.97. The maximum Gasteiger partial charge on any atom is 0.0904 e. The minimum absolute atomic E-state index is 0.642. The topological polar surface area (TPSA) is 41.6 Å². The molecule has 1 N–H and O–H groups in total. The van der Waals surface area contributed by atoms with E-state index < -0.39 is 0 Å². The van der Waals surface area contributed by atoms with Gasteiger partial charge in [-0.25, -0.2) is 9.97 Å². The molecule has 0 aliphatic heterocycles. The Hall–Kier alpha value is -2.98. The van der Waals surface area contributed by atoms with Crippen molar-refractivity contribution in [2.75, 3.05) is 0 Å². The van der Waals surface area contributed by atoms with E-state index in [-0.39, 0.29) is 0 Å². The predicted molar refractivity (Wildman–Crippen MR) is 135 cm³/mol. The van der Waals surface area contributed by atoms with Gasteiger partial charge in [0.2, 0.25) is 0 Å². The lowest BCUT2D eigenvalue weighted by molar-refractivity contribution is 0.446. The highest BCUT2D eigenvalue weighted by Crippen LogP contribution is 2.42. The van der Waals surface area contributed by atoms with Gasteiger partial charge in [0.25, 0.3) is 0 Å². The third-order valence-corrected chi connectivity index (χ3v) is 7.97. The second-order valence-electron chi connectivity index (χ2n) is 9.05. The van der Waals surface area contributed by atoms with Gasteiger partial charge in [0.05, 0.1) is 26.8 Å². The molecule has 6 rings (SSSR count). The maximum atomic E-state index is 4.97. The molecule has 0 radical (unpaired) electrons. The van der Waals surface area contributed by atoms with Crippen molar-refractivity contribution in [1.82, 2.24) is 15.0 Å². The molecule has 0 spiro atoms. The lowest BCUT2D eigenvalue weighted by Crippen LogP contribution is -2.05. The molecule has 3 aromatic heterocycles. The molecule has 160 valence electrons. The predicted octanol–water partition coefficient (Wildman–Crippen LogP) is 8.17. The number of hydrogen-bond donors (Lipinski definition) is 1. The summed E-state index contributed by atoms with van der Waals surface area (Å²) in [4.78, 5) is 14.5. The third-order valence-electron chi connectivity index (χ3n) is 6.87. The van der Waals surface area contributed by atoms with Crippen molar-refractivity contribution in [2.45, 2.75) is 51.9 Å². The normalized spacial score (nSPS) is 15.1. The molecule has 3 nitrogen and oxygen atoms in total. The van der Waals surface area contributed by atoms with Gasteiger partial charge < -0.3 is 4.98 Å². The van der Waals surface area contributed by atoms with E-state index in [0.29, 0.717) is 5.92 Å². The molecule has 1 saturated carbocycles. The molecular formula is C28H27N3S. The lowest BCUT2D eigenvalue weighted by atomic mass is 9.82. The summed E-state index contributed by atoms with van der Waals surface area (Å²) in [6.07, 6.45) is 6.63. The first-order valence-electron chi connectivity index (χ1n) is 11.6. The number of nitrogens with one attached hydrogen (secondary N) is 1. The largest absolute Gasteiger partial charge is 0.354 e. The fourth-order valence-electron chi connectivity index (χ4n) is 5.38. The Morgan fingerprint density at radius 1 is 0.906 bits per heavy atom. The number of fused-ring (bicyclic) bond motifs is 2. The van der Waals surface area contributed by atoms with Gasteiger partial charge in [-0.2, -0.15) is 0 Å². The summed E-state index contributed by atoms with van der Waals surface area (Å²) >= 11 is 1.72. The molecule has 0 saturated heterocycles. The molecule has 0 bridgehead atoms. The van der Waals surface area contributed by atoms with Crippen molar-refractivity contribution in [3.05, 3.63) is 70.9 Å². The van der Waals surface area contributed by atoms with E-state index in [4.69, 9.17) is 4.98 Å². The molecule has 4 heteroatoms. The van der Waals surface area contributed by atoms with E-state index in [2.05, 4.69) is 78.4 Å². The number of para-hydroxylation sites is 1. The van der Waals surface area contributed by atoms with Crippen LogP contribution < -0.4 is 0 Å². The van der Waals surface area contributed by atoms with Gasteiger partial charge in [0, 0.05) is 22.0 Å². The van der Waals surface area contributed by atoms with Gasteiger partial charge in [0.15, 0.2) is 0 Å². The van der Waals surface area contributed by atoms with E-state index in [1.165, 1.54) is 70.1 Å². The van der Waals surface area contributed by atoms with E-state index in [0.717, 1.165) is 21.9 Å². The van der Waals surface area contributed by atoms with Gasteiger partial charge in [-0.1, -0.05) is 49.6 Å². The first kappa shape index (κ1) is 19.7. The summed E-state index contributed by atoms with van der Waals surface area (Å²) in [6, 6.07) is 19.8. The third kappa shape index (κ3) is 3.34. The van der Waals surface area contributed by atoms with Crippen molar-refractivity contribution in [2.24, 2.45) is 0 Å². The number of H-pyrrole nitrogens is 1. The Bertz CT molecular complexity index is 1440. The molecule has 3 heterocycles. The minimum atomic E-state index is 0.642. The number of aromatic amines is 1. The highest BCUT2D eigenvalue weighted by Gasteiger charge is 2.23. The van der Waals surface area contributed by atoms with Crippen LogP contribution in [-0.4, -0.2) is 15.0 Å². The Morgan fingerprint density at radius 2 is 1.75 bits per heavy atom. The Labute approximate surface area is 192 Å². The van der Waals surface area contributed by atoms with Crippen LogP contribution in [0.1, 0.15) is 54.3 Å². The molecule has 0 amide bonds. The number of aromatic nitrogens is 3. The zero-order valence-corrected chi connectivity index (χ0v) is 19.4. The van der Waals surface area contributed by atoms with E-state index in [9.17, 15) is 0 Å². The second kappa shape index (κ2) is 7.86. The quantitative estimate of drug-likeness (QED) is 0.309. The molecular weight excluding hydrogens is 410 g/mol. The molecule has 32 heavy (non-hydrogen) atoms. The van der Waals surface area contributed by atoms with Crippen molar-refractivity contribution < 1.29 is 0 Å². The summed E-state index contributed by atoms with van der Waals surface area (Å²) in [5.74, 6) is 0.642. The first-order chi connectivity index (χ1) is 15.7. The molecule has 0 atom stereocenters. The van der Waals surface area contributed by atoms with Crippen LogP contribution in [0.2, 0.25) is 0 Å². The van der Waals surface area contributed by atoms with Crippen LogP contribution in [0.3, 0.4) is 0 Å². The summed E-state index contributed by atoms with van der Waals surface area (Å²) in [5, 5.41) is 3.65. The Balaban J connectivity index is 1.47. The van der Waals surface area contributed by atoms with Crippen molar-refractivity contribution in [3.8, 4) is 21.8 Å². The number of aryl methyl sites for hydroxylation is 2. The lowest BCUT2D eigenvalue weighted by Gasteiger charge is -2.23. The van der Waals surface area contributed by atoms with E-state index in [1.807, 2.05) is 0 Å². The number of hydrogen-bond acceptors (Lipinski definition) is 3. The summed E-state index contributed by atoms with van der Waals surface area (Å²) in [7, 11) is 0. The van der Waals surface area contributed by atoms with Crippen molar-refractivity contribution in [1.29, 1.82) is 0 Å². The van der Waals surface area contributed by atoms with Crippen molar-refractivity contribution in [3.63, 3.8) is 0 Å². The van der Waals surface area contributed by atoms with E-state index >= 15 is 0 Å². The van der Waals surface area contributed by atoms with Crippen LogP contribution in [0.25, 0.3) is 43.6 Å². The van der Waals surface area contributed by atoms with Crippen LogP contribution in [0.5, 0.6) is 0 Å². The van der Waals surface area contributed by atoms with Gasteiger partial charge >= 0.3 is 0 Å². The molecule has 1 aliphatic rings. The second-order valence-corrected chi connectivity index (χ2v) is 10.2. The van der Waals surface area contributed by atoms with E-state index in [1.54, 1.807) is 11.3 Å².